The fraction of sp³-hybridized carbons (Fsp3) is 0.833. The van der Waals surface area contributed by atoms with E-state index in [2.05, 4.69) is 5.16 Å². The van der Waals surface area contributed by atoms with Crippen LogP contribution in [0.2, 0.25) is 0 Å². The molecule has 2 atom stereocenters. The van der Waals surface area contributed by atoms with E-state index in [4.69, 9.17) is 9.94 Å². The summed E-state index contributed by atoms with van der Waals surface area (Å²) >= 11 is 0. The van der Waals surface area contributed by atoms with Gasteiger partial charge in [-0.05, 0) is 38.5 Å². The molecule has 4 heteroatoms. The van der Waals surface area contributed by atoms with Crippen LogP contribution in [0, 0.1) is 11.8 Å². The first kappa shape index (κ1) is 13.0. The highest BCUT2D eigenvalue weighted by Crippen LogP contribution is 2.34. The Morgan fingerprint density at radius 1 is 1.56 bits per heavy atom. The number of oxime groups is 1. The summed E-state index contributed by atoms with van der Waals surface area (Å²) in [6, 6.07) is 0. The Kier molecular flexibility index (Phi) is 5.90. The van der Waals surface area contributed by atoms with Gasteiger partial charge in [-0.15, -0.1) is 5.16 Å². The first-order chi connectivity index (χ1) is 7.77. The number of carbonyl (C=O) groups is 1. The lowest BCUT2D eigenvalue weighted by Crippen LogP contribution is -2.11. The number of nitrogens with zero attached hydrogens (tertiary/aromatic N) is 1. The zero-order valence-electron chi connectivity index (χ0n) is 9.89. The number of carbonyl (C=O) groups excluding carboxylic acids is 1. The molecular formula is C12H21NO3. The van der Waals surface area contributed by atoms with E-state index >= 15 is 0 Å². The summed E-state index contributed by atoms with van der Waals surface area (Å²) in [5.41, 5.74) is 0. The molecule has 1 N–H and O–H groups in total. The Morgan fingerprint density at radius 3 is 3.06 bits per heavy atom. The summed E-state index contributed by atoms with van der Waals surface area (Å²) in [6.45, 7) is 2.28. The Morgan fingerprint density at radius 2 is 2.38 bits per heavy atom. The first-order valence-corrected chi connectivity index (χ1v) is 6.11. The molecule has 0 radical (unpaired) electrons. The molecule has 0 aromatic rings. The molecule has 2 unspecified atom stereocenters. The summed E-state index contributed by atoms with van der Waals surface area (Å²) in [6.07, 6.45) is 7.53. The predicted molar refractivity (Wildman–Crippen MR) is 61.6 cm³/mol. The van der Waals surface area contributed by atoms with Crippen LogP contribution in [0.5, 0.6) is 0 Å². The molecule has 1 aliphatic rings. The zero-order valence-corrected chi connectivity index (χ0v) is 9.89. The standard InChI is InChI=1S/C12H21NO3/c1-2-16-12(14)8-4-6-10-5-3-7-11(10)9-13-15/h9-11,15H,2-8H2,1H3/b13-9-. The summed E-state index contributed by atoms with van der Waals surface area (Å²) < 4.78 is 4.88. The van der Waals surface area contributed by atoms with Crippen molar-refractivity contribution >= 4 is 12.2 Å². The van der Waals surface area contributed by atoms with Gasteiger partial charge in [0, 0.05) is 18.6 Å². The Bertz CT molecular complexity index is 240. The lowest BCUT2D eigenvalue weighted by molar-refractivity contribution is -0.143. The van der Waals surface area contributed by atoms with E-state index in [9.17, 15) is 4.79 Å². The van der Waals surface area contributed by atoms with Crippen LogP contribution in [0.3, 0.4) is 0 Å². The van der Waals surface area contributed by atoms with E-state index in [1.807, 2.05) is 6.92 Å². The highest BCUT2D eigenvalue weighted by atomic mass is 16.5. The molecule has 0 spiro atoms. The maximum atomic E-state index is 11.1. The fourth-order valence-corrected chi connectivity index (χ4v) is 2.45. The number of esters is 1. The van der Waals surface area contributed by atoms with Gasteiger partial charge in [-0.2, -0.15) is 0 Å². The van der Waals surface area contributed by atoms with Gasteiger partial charge in [0.2, 0.25) is 0 Å². The maximum absolute atomic E-state index is 11.1. The molecular weight excluding hydrogens is 206 g/mol. The van der Waals surface area contributed by atoms with E-state index in [0.717, 1.165) is 19.3 Å². The molecule has 0 aromatic carbocycles. The highest BCUT2D eigenvalue weighted by Gasteiger charge is 2.25. The second-order valence-electron chi connectivity index (χ2n) is 4.32. The maximum Gasteiger partial charge on any atom is 0.305 e. The van der Waals surface area contributed by atoms with Gasteiger partial charge >= 0.3 is 5.97 Å². The molecule has 1 aliphatic carbocycles. The van der Waals surface area contributed by atoms with E-state index in [1.165, 1.54) is 12.8 Å². The Labute approximate surface area is 96.7 Å². The number of hydrogen-bond donors (Lipinski definition) is 1. The first-order valence-electron chi connectivity index (χ1n) is 6.11. The smallest absolute Gasteiger partial charge is 0.305 e. The SMILES string of the molecule is CCOC(=O)CCCC1CCCC1/C=N\O. The van der Waals surface area contributed by atoms with Crippen molar-refractivity contribution in [3.8, 4) is 0 Å². The molecule has 1 rings (SSSR count). The summed E-state index contributed by atoms with van der Waals surface area (Å²) in [5.74, 6) is 0.866. The van der Waals surface area contributed by atoms with Gasteiger partial charge in [0.15, 0.2) is 0 Å². The van der Waals surface area contributed by atoms with Crippen LogP contribution in [0.15, 0.2) is 5.16 Å². The minimum absolute atomic E-state index is 0.104. The lowest BCUT2D eigenvalue weighted by atomic mass is 9.92. The van der Waals surface area contributed by atoms with E-state index in [0.29, 0.717) is 24.9 Å². The van der Waals surface area contributed by atoms with Gasteiger partial charge in [0.25, 0.3) is 0 Å². The third-order valence-corrected chi connectivity index (χ3v) is 3.24. The van der Waals surface area contributed by atoms with Crippen molar-refractivity contribution in [2.75, 3.05) is 6.61 Å². The van der Waals surface area contributed by atoms with Crippen molar-refractivity contribution in [2.24, 2.45) is 17.0 Å². The molecule has 1 saturated carbocycles. The predicted octanol–water partition coefficient (Wildman–Crippen LogP) is 2.60. The monoisotopic (exact) mass is 227 g/mol. The van der Waals surface area contributed by atoms with Crippen molar-refractivity contribution in [1.29, 1.82) is 0 Å². The zero-order chi connectivity index (χ0) is 11.8. The molecule has 0 bridgehead atoms. The average molecular weight is 227 g/mol. The van der Waals surface area contributed by atoms with Crippen molar-refractivity contribution in [3.63, 3.8) is 0 Å². The van der Waals surface area contributed by atoms with Crippen LogP contribution in [-0.4, -0.2) is 24.0 Å². The van der Waals surface area contributed by atoms with Gasteiger partial charge in [0.1, 0.15) is 0 Å². The van der Waals surface area contributed by atoms with Crippen LogP contribution in [0.1, 0.15) is 45.4 Å². The molecule has 1 fully saturated rings. The largest absolute Gasteiger partial charge is 0.466 e. The molecule has 0 heterocycles. The number of hydrogen-bond acceptors (Lipinski definition) is 4. The van der Waals surface area contributed by atoms with Gasteiger partial charge in [0.05, 0.1) is 6.61 Å². The minimum atomic E-state index is -0.104. The number of ether oxygens (including phenoxy) is 1. The molecule has 16 heavy (non-hydrogen) atoms. The minimum Gasteiger partial charge on any atom is -0.466 e. The van der Waals surface area contributed by atoms with E-state index < -0.39 is 0 Å². The van der Waals surface area contributed by atoms with Crippen LogP contribution in [-0.2, 0) is 9.53 Å². The van der Waals surface area contributed by atoms with E-state index in [-0.39, 0.29) is 5.97 Å². The van der Waals surface area contributed by atoms with Crippen molar-refractivity contribution in [1.82, 2.24) is 0 Å². The third kappa shape index (κ3) is 4.21. The summed E-state index contributed by atoms with van der Waals surface area (Å²) in [4.78, 5) is 11.1. The Hall–Kier alpha value is -1.06. The van der Waals surface area contributed by atoms with Crippen molar-refractivity contribution < 1.29 is 14.7 Å². The summed E-state index contributed by atoms with van der Waals surface area (Å²) in [5, 5.41) is 11.6. The van der Waals surface area contributed by atoms with Crippen LogP contribution >= 0.6 is 0 Å². The third-order valence-electron chi connectivity index (χ3n) is 3.24. The van der Waals surface area contributed by atoms with Gasteiger partial charge in [-0.3, -0.25) is 4.79 Å². The fourth-order valence-electron chi connectivity index (χ4n) is 2.45. The van der Waals surface area contributed by atoms with Gasteiger partial charge in [-0.25, -0.2) is 0 Å². The number of rotatable bonds is 6. The molecule has 92 valence electrons. The molecule has 0 aliphatic heterocycles. The van der Waals surface area contributed by atoms with Crippen LogP contribution in [0.25, 0.3) is 0 Å². The van der Waals surface area contributed by atoms with Crippen LogP contribution < -0.4 is 0 Å². The van der Waals surface area contributed by atoms with Gasteiger partial charge in [-0.1, -0.05) is 6.42 Å². The van der Waals surface area contributed by atoms with Gasteiger partial charge < -0.3 is 9.94 Å². The topological polar surface area (TPSA) is 58.9 Å². The lowest BCUT2D eigenvalue weighted by Gasteiger charge is -2.14. The molecule has 4 nitrogen and oxygen atoms in total. The van der Waals surface area contributed by atoms with Crippen molar-refractivity contribution in [3.05, 3.63) is 0 Å². The van der Waals surface area contributed by atoms with Crippen LogP contribution in [0.4, 0.5) is 0 Å². The van der Waals surface area contributed by atoms with E-state index in [1.54, 1.807) is 6.21 Å². The summed E-state index contributed by atoms with van der Waals surface area (Å²) in [7, 11) is 0. The normalized spacial score (nSPS) is 25.1. The highest BCUT2D eigenvalue weighted by molar-refractivity contribution is 5.69. The second kappa shape index (κ2) is 7.25. The van der Waals surface area contributed by atoms with Crippen molar-refractivity contribution in [2.45, 2.75) is 45.4 Å². The molecule has 0 saturated heterocycles. The Balaban J connectivity index is 2.19. The molecule has 0 aromatic heterocycles. The second-order valence-corrected chi connectivity index (χ2v) is 4.32. The average Bonchev–Trinajstić information content (AvgIpc) is 2.67. The molecule has 0 amide bonds. The quantitative estimate of drug-likeness (QED) is 0.328.